The second-order valence-corrected chi connectivity index (χ2v) is 21.6. The summed E-state index contributed by atoms with van der Waals surface area (Å²) >= 11 is 0. The summed E-state index contributed by atoms with van der Waals surface area (Å²) in [4.78, 5) is 55.6. The van der Waals surface area contributed by atoms with Gasteiger partial charge in [0.15, 0.2) is 23.8 Å². The van der Waals surface area contributed by atoms with Crippen LogP contribution in [0.3, 0.4) is 0 Å². The predicted octanol–water partition coefficient (Wildman–Crippen LogP) is 5.07. The Kier molecular flexibility index (Phi) is 14.7. The van der Waals surface area contributed by atoms with E-state index in [9.17, 15) is 24.6 Å². The van der Waals surface area contributed by atoms with Crippen molar-refractivity contribution in [3.05, 3.63) is 12.2 Å². The molecule has 6 saturated heterocycles. The molecule has 17 nitrogen and oxygen atoms in total. The van der Waals surface area contributed by atoms with Crippen LogP contribution in [0, 0.1) is 28.6 Å². The molecule has 7 aliphatic heterocycles. The van der Waals surface area contributed by atoms with E-state index in [1.807, 2.05) is 60.6 Å². The topological polar surface area (TPSA) is 213 Å². The Hall–Kier alpha value is -2.68. The fourth-order valence-corrected chi connectivity index (χ4v) is 11.0. The van der Waals surface area contributed by atoms with E-state index in [2.05, 4.69) is 5.32 Å². The van der Waals surface area contributed by atoms with Gasteiger partial charge in [-0.1, -0.05) is 67.5 Å². The Morgan fingerprint density at radius 3 is 1.89 bits per heavy atom. The van der Waals surface area contributed by atoms with Crippen LogP contribution in [0.1, 0.15) is 147 Å². The molecular weight excluding hydrogens is 845 g/mol. The number of carbonyl (C=O) groups is 4. The minimum atomic E-state index is -3.56. The Labute approximate surface area is 384 Å². The summed E-state index contributed by atoms with van der Waals surface area (Å²) in [7, 11) is 0. The molecule has 7 rings (SSSR count). The Morgan fingerprint density at radius 2 is 1.34 bits per heavy atom. The molecule has 17 unspecified atom stereocenters. The van der Waals surface area contributed by atoms with Crippen LogP contribution >= 0.6 is 0 Å². The highest BCUT2D eigenvalue weighted by Gasteiger charge is 2.73. The molecule has 0 aliphatic carbocycles. The molecule has 368 valence electrons. The van der Waals surface area contributed by atoms with E-state index in [1.54, 1.807) is 20.8 Å². The molecule has 3 N–H and O–H groups in total. The van der Waals surface area contributed by atoms with Gasteiger partial charge in [0.25, 0.3) is 0 Å². The SMILES string of the molecule is CC(=O)NC(C(=O)OC(C)C1CC=CCCC(O)C(C)(C)C2CCC(C)C3(O2)O[B-]24OC(C(=O)O1)C1(OC(CCC1C)C(C)(C)C(O)CCCC1CC(OC(=O)C3O2)C(C)O1)O4)C(C)C. The van der Waals surface area contributed by atoms with Crippen molar-refractivity contribution in [1.29, 1.82) is 0 Å². The van der Waals surface area contributed by atoms with Gasteiger partial charge in [-0.15, -0.1) is 0 Å². The average Bonchev–Trinajstić information content (AvgIpc) is 3.86. The molecule has 7 heterocycles. The molecule has 18 heteroatoms. The number of aliphatic hydroxyl groups is 2. The van der Waals surface area contributed by atoms with E-state index in [0.29, 0.717) is 64.2 Å². The maximum absolute atomic E-state index is 15.1. The highest BCUT2D eigenvalue weighted by Crippen LogP contribution is 2.57. The van der Waals surface area contributed by atoms with Gasteiger partial charge in [0.05, 0.1) is 36.6 Å². The number of esters is 3. The van der Waals surface area contributed by atoms with Gasteiger partial charge in [-0.2, -0.15) is 0 Å². The third kappa shape index (κ3) is 9.68. The van der Waals surface area contributed by atoms with Crippen molar-refractivity contribution in [1.82, 2.24) is 5.32 Å². The van der Waals surface area contributed by atoms with Gasteiger partial charge in [0.1, 0.15) is 24.4 Å². The molecule has 0 radical (unpaired) electrons. The van der Waals surface area contributed by atoms with Crippen LogP contribution in [-0.2, 0) is 66.2 Å². The average molecular weight is 921 g/mol. The van der Waals surface area contributed by atoms with E-state index in [0.717, 1.165) is 0 Å². The molecule has 6 fully saturated rings. The van der Waals surface area contributed by atoms with E-state index in [-0.39, 0.29) is 18.4 Å². The quantitative estimate of drug-likeness (QED) is 0.142. The molecule has 1 amide bonds. The van der Waals surface area contributed by atoms with E-state index in [4.69, 9.17) is 47.0 Å². The number of aliphatic hydroxyl groups excluding tert-OH is 2. The van der Waals surface area contributed by atoms with Gasteiger partial charge in [0.2, 0.25) is 5.91 Å². The zero-order valence-corrected chi connectivity index (χ0v) is 40.3. The van der Waals surface area contributed by atoms with Gasteiger partial charge in [-0.3, -0.25) is 4.79 Å². The number of ether oxygens (including phenoxy) is 6. The fourth-order valence-electron chi connectivity index (χ4n) is 11.0. The lowest BCUT2D eigenvalue weighted by Crippen LogP contribution is -2.61. The first-order valence-electron chi connectivity index (χ1n) is 24.2. The second kappa shape index (κ2) is 19.0. The summed E-state index contributed by atoms with van der Waals surface area (Å²) in [5, 5.41) is 26.3. The molecule has 0 aromatic heterocycles. The number of carbonyl (C=O) groups excluding carboxylic acids is 4. The minimum absolute atomic E-state index is 0.0959. The first-order chi connectivity index (χ1) is 30.4. The minimum Gasteiger partial charge on any atom is -0.504 e. The summed E-state index contributed by atoms with van der Waals surface area (Å²) in [6.07, 6.45) is -0.949. The Morgan fingerprint density at radius 1 is 0.785 bits per heavy atom. The van der Waals surface area contributed by atoms with E-state index >= 15 is 4.79 Å². The third-order valence-electron chi connectivity index (χ3n) is 15.8. The van der Waals surface area contributed by atoms with Gasteiger partial charge in [0, 0.05) is 42.4 Å². The summed E-state index contributed by atoms with van der Waals surface area (Å²) in [5.41, 5.74) is -1.73. The standard InChI is InChI=1S/C47H75BNO16/c1-25(2)38(49-30(7)50)41(53)57-28(5)32-17-13-12-14-18-34(51)44(8,9)36-22-20-27(4)47(60-36)40-43(55)59-33-24-31(56-29(33)6)16-15-19-35(52)45(10,11)37-23-21-26(3)46(61-37)39(42(54)58-32)62-48(63-40,64-46)65-47/h12-13,25-29,31-40,51-52H,14-24H2,1-11H3,(H,49,50)/q-1. The number of hydrogen-bond donors (Lipinski definition) is 3. The Balaban J connectivity index is 1.34. The van der Waals surface area contributed by atoms with Crippen molar-refractivity contribution in [3.8, 4) is 0 Å². The summed E-state index contributed by atoms with van der Waals surface area (Å²) in [6, 6.07) is -0.960. The lowest BCUT2D eigenvalue weighted by molar-refractivity contribution is -0.311. The molecule has 9 bridgehead atoms. The number of rotatable bonds is 5. The summed E-state index contributed by atoms with van der Waals surface area (Å²) < 4.78 is 66.2. The van der Waals surface area contributed by atoms with Gasteiger partial charge < -0.3 is 62.6 Å². The van der Waals surface area contributed by atoms with Crippen molar-refractivity contribution < 1.29 is 76.4 Å². The summed E-state index contributed by atoms with van der Waals surface area (Å²) in [6.45, 7) is 16.2. The maximum Gasteiger partial charge on any atom is 0.536 e. The van der Waals surface area contributed by atoms with Crippen LogP contribution in [0.5, 0.6) is 0 Å². The van der Waals surface area contributed by atoms with E-state index in [1.165, 1.54) is 6.92 Å². The van der Waals surface area contributed by atoms with Crippen LogP contribution in [-0.4, -0.2) is 126 Å². The van der Waals surface area contributed by atoms with Gasteiger partial charge in [-0.05, 0) is 77.6 Å². The van der Waals surface area contributed by atoms with Crippen molar-refractivity contribution in [2.24, 2.45) is 28.6 Å². The first kappa shape index (κ1) is 50.2. The second-order valence-electron chi connectivity index (χ2n) is 21.6. The molecule has 7 aliphatic rings. The van der Waals surface area contributed by atoms with Crippen LogP contribution in [0.2, 0.25) is 0 Å². The highest BCUT2D eigenvalue weighted by molar-refractivity contribution is 6.56. The molecule has 0 saturated carbocycles. The molecular formula is C47H75BNO16-. The molecule has 17 atom stereocenters. The Bertz CT molecular complexity index is 1790. The molecule has 65 heavy (non-hydrogen) atoms. The zero-order chi connectivity index (χ0) is 47.4. The number of nitrogens with one attached hydrogen (secondary N) is 1. The lowest BCUT2D eigenvalue weighted by atomic mass is 9.73. The molecule has 0 aromatic rings. The number of cyclic esters (lactones) is 1. The highest BCUT2D eigenvalue weighted by atomic mass is 17.0. The summed E-state index contributed by atoms with van der Waals surface area (Å²) in [5.74, 6) is -8.03. The van der Waals surface area contributed by atoms with Crippen molar-refractivity contribution >= 4 is 30.8 Å². The van der Waals surface area contributed by atoms with Crippen molar-refractivity contribution in [2.45, 2.75) is 232 Å². The van der Waals surface area contributed by atoms with Crippen LogP contribution < -0.4 is 5.32 Å². The monoisotopic (exact) mass is 921 g/mol. The van der Waals surface area contributed by atoms with Gasteiger partial charge >= 0.3 is 24.9 Å². The lowest BCUT2D eigenvalue weighted by Gasteiger charge is -2.52. The first-order valence-corrected chi connectivity index (χ1v) is 24.2. The molecule has 0 aromatic carbocycles. The number of hydrogen-bond acceptors (Lipinski definition) is 16. The van der Waals surface area contributed by atoms with Crippen molar-refractivity contribution in [2.75, 3.05) is 0 Å². The number of amides is 1. The van der Waals surface area contributed by atoms with Crippen LogP contribution in [0.25, 0.3) is 0 Å². The van der Waals surface area contributed by atoms with Crippen molar-refractivity contribution in [3.63, 3.8) is 0 Å². The van der Waals surface area contributed by atoms with E-state index < -0.39 is 132 Å². The zero-order valence-electron chi connectivity index (χ0n) is 40.3. The molecule has 3 spiro atoms. The van der Waals surface area contributed by atoms with Crippen LogP contribution in [0.15, 0.2) is 12.2 Å². The number of fused-ring (bicyclic) bond motifs is 6. The fraction of sp³-hybridized carbons (Fsp3) is 0.872. The largest absolute Gasteiger partial charge is 0.536 e. The maximum atomic E-state index is 15.1. The predicted molar refractivity (Wildman–Crippen MR) is 233 cm³/mol. The number of allylic oxidation sites excluding steroid dienone is 1. The third-order valence-corrected chi connectivity index (χ3v) is 15.8. The van der Waals surface area contributed by atoms with Gasteiger partial charge in [-0.25, -0.2) is 14.4 Å². The normalized spacial score (nSPS) is 44.1. The smallest absolute Gasteiger partial charge is 0.504 e. The van der Waals surface area contributed by atoms with Crippen LogP contribution in [0.4, 0.5) is 0 Å².